The number of rotatable bonds is 6. The van der Waals surface area contributed by atoms with Crippen molar-refractivity contribution < 1.29 is 29.4 Å². The van der Waals surface area contributed by atoms with Gasteiger partial charge in [-0.05, 0) is 24.4 Å². The van der Waals surface area contributed by atoms with Crippen LogP contribution in [0.5, 0.6) is 0 Å². The number of carboxylic acids is 2. The Morgan fingerprint density at radius 2 is 1.84 bits per heavy atom. The number of anilines is 1. The first-order valence-corrected chi connectivity index (χ1v) is 11.0. The van der Waals surface area contributed by atoms with Crippen LogP contribution in [0.2, 0.25) is 0 Å². The standard InChI is InChI=1S/C18H12N4O6S4/c23-10(24)6-22-14(26)12(32-18(22)30)11(15(27)28)9-7-31-17(19-9)21-16(29)20-13(25)8-4-2-1-3-5-8/h1-5,7H,6H2,(H,23,24)(H,27,28)(H2,19,20,21,25,29)/b12-11+. The van der Waals surface area contributed by atoms with E-state index in [0.29, 0.717) is 17.3 Å². The van der Waals surface area contributed by atoms with E-state index in [2.05, 4.69) is 15.6 Å². The number of thioether (sulfide) groups is 1. The molecule has 0 aliphatic carbocycles. The molecule has 1 aromatic heterocycles. The maximum Gasteiger partial charge on any atom is 0.339 e. The number of hydrogen-bond donors (Lipinski definition) is 4. The number of nitrogens with one attached hydrogen (secondary N) is 2. The fraction of sp³-hybridized carbons (Fsp3) is 0.0556. The van der Waals surface area contributed by atoms with Crippen LogP contribution < -0.4 is 10.6 Å². The molecule has 1 aliphatic heterocycles. The van der Waals surface area contributed by atoms with Gasteiger partial charge < -0.3 is 15.5 Å². The first-order valence-electron chi connectivity index (χ1n) is 8.53. The first kappa shape index (κ1) is 23.5. The third-order valence-electron chi connectivity index (χ3n) is 3.83. The van der Waals surface area contributed by atoms with Gasteiger partial charge in [0.25, 0.3) is 11.8 Å². The molecule has 4 N–H and O–H groups in total. The summed E-state index contributed by atoms with van der Waals surface area (Å²) < 4.78 is -0.0652. The van der Waals surface area contributed by atoms with E-state index in [4.69, 9.17) is 29.5 Å². The average molecular weight is 509 g/mol. The molecule has 2 amide bonds. The number of thiocarbonyl (C=S) groups is 2. The molecule has 0 unspecified atom stereocenters. The quantitative estimate of drug-likeness (QED) is 0.335. The number of thiazole rings is 1. The third-order valence-corrected chi connectivity index (χ3v) is 6.24. The minimum atomic E-state index is -1.43. The highest BCUT2D eigenvalue weighted by Crippen LogP contribution is 2.37. The van der Waals surface area contributed by atoms with Crippen LogP contribution >= 0.6 is 47.5 Å². The third kappa shape index (κ3) is 5.34. The molecule has 32 heavy (non-hydrogen) atoms. The van der Waals surface area contributed by atoms with Crippen LogP contribution in [0.4, 0.5) is 5.13 Å². The van der Waals surface area contributed by atoms with E-state index in [1.54, 1.807) is 30.3 Å². The maximum atomic E-state index is 12.5. The summed E-state index contributed by atoms with van der Waals surface area (Å²) in [5, 5.41) is 25.3. The van der Waals surface area contributed by atoms with Gasteiger partial charge in [-0.2, -0.15) is 0 Å². The number of aliphatic carboxylic acids is 2. The van der Waals surface area contributed by atoms with E-state index in [1.807, 2.05) is 0 Å². The molecule has 3 rings (SSSR count). The molecular formula is C18H12N4O6S4. The van der Waals surface area contributed by atoms with Crippen molar-refractivity contribution in [3.63, 3.8) is 0 Å². The van der Waals surface area contributed by atoms with E-state index in [-0.39, 0.29) is 25.2 Å². The van der Waals surface area contributed by atoms with Crippen LogP contribution in [0, 0.1) is 0 Å². The van der Waals surface area contributed by atoms with Gasteiger partial charge in [0, 0.05) is 10.9 Å². The summed E-state index contributed by atoms with van der Waals surface area (Å²) in [6, 6.07) is 8.38. The van der Waals surface area contributed by atoms with E-state index >= 15 is 0 Å². The topological polar surface area (TPSA) is 149 Å². The van der Waals surface area contributed by atoms with Gasteiger partial charge in [-0.15, -0.1) is 11.3 Å². The van der Waals surface area contributed by atoms with Crippen molar-refractivity contribution in [2.75, 3.05) is 11.9 Å². The number of hydrogen-bond acceptors (Lipinski definition) is 9. The van der Waals surface area contributed by atoms with Crippen molar-refractivity contribution in [3.8, 4) is 0 Å². The summed E-state index contributed by atoms with van der Waals surface area (Å²) >= 11 is 11.8. The van der Waals surface area contributed by atoms with E-state index in [1.165, 1.54) is 5.38 Å². The molecule has 0 bridgehead atoms. The second kappa shape index (κ2) is 9.95. The molecule has 0 saturated carbocycles. The van der Waals surface area contributed by atoms with Gasteiger partial charge in [-0.3, -0.25) is 24.6 Å². The fourth-order valence-electron chi connectivity index (χ4n) is 2.48. The van der Waals surface area contributed by atoms with E-state index in [9.17, 15) is 24.3 Å². The second-order valence-corrected chi connectivity index (χ2v) is 8.88. The molecule has 1 aromatic carbocycles. The molecule has 14 heteroatoms. The molecule has 0 radical (unpaired) electrons. The highest BCUT2D eigenvalue weighted by Gasteiger charge is 2.38. The molecule has 1 aliphatic rings. The van der Waals surface area contributed by atoms with Crippen LogP contribution in [-0.2, 0) is 14.4 Å². The first-order chi connectivity index (χ1) is 15.2. The fourth-order valence-corrected chi connectivity index (χ4v) is 4.76. The summed E-state index contributed by atoms with van der Waals surface area (Å²) in [7, 11) is 0. The maximum absolute atomic E-state index is 12.5. The Kier molecular flexibility index (Phi) is 7.29. The van der Waals surface area contributed by atoms with Gasteiger partial charge in [0.1, 0.15) is 16.4 Å². The number of amides is 2. The summed E-state index contributed by atoms with van der Waals surface area (Å²) in [5.41, 5.74) is -0.0650. The van der Waals surface area contributed by atoms with Gasteiger partial charge in [-0.1, -0.05) is 42.2 Å². The zero-order valence-electron chi connectivity index (χ0n) is 15.7. The number of carbonyl (C=O) groups is 4. The number of benzene rings is 1. The smallest absolute Gasteiger partial charge is 0.339 e. The highest BCUT2D eigenvalue weighted by atomic mass is 32.2. The van der Waals surface area contributed by atoms with Gasteiger partial charge in [-0.25, -0.2) is 9.78 Å². The summed E-state index contributed by atoms with van der Waals surface area (Å²) in [6.07, 6.45) is 0. The average Bonchev–Trinajstić information content (AvgIpc) is 3.28. The molecule has 1 fully saturated rings. The summed E-state index contributed by atoms with van der Waals surface area (Å²) in [4.78, 5) is 52.2. The molecule has 10 nitrogen and oxygen atoms in total. The summed E-state index contributed by atoms with van der Waals surface area (Å²) in [6.45, 7) is -0.680. The lowest BCUT2D eigenvalue weighted by Gasteiger charge is -2.10. The van der Waals surface area contributed by atoms with Crippen molar-refractivity contribution in [3.05, 3.63) is 51.9 Å². The monoisotopic (exact) mass is 508 g/mol. The molecule has 0 spiro atoms. The lowest BCUT2D eigenvalue weighted by atomic mass is 10.2. The lowest BCUT2D eigenvalue weighted by Crippen LogP contribution is -2.34. The van der Waals surface area contributed by atoms with Crippen LogP contribution in [0.3, 0.4) is 0 Å². The van der Waals surface area contributed by atoms with E-state index in [0.717, 1.165) is 16.2 Å². The van der Waals surface area contributed by atoms with Crippen molar-refractivity contribution in [1.82, 2.24) is 15.2 Å². The molecule has 164 valence electrons. The number of aromatic nitrogens is 1. The minimum absolute atomic E-state index is 0.0435. The number of carbonyl (C=O) groups excluding carboxylic acids is 2. The van der Waals surface area contributed by atoms with Gasteiger partial charge >= 0.3 is 11.9 Å². The predicted molar refractivity (Wildman–Crippen MR) is 126 cm³/mol. The Morgan fingerprint density at radius 1 is 1.16 bits per heavy atom. The van der Waals surface area contributed by atoms with Crippen molar-refractivity contribution >= 4 is 91.4 Å². The van der Waals surface area contributed by atoms with Crippen molar-refractivity contribution in [2.45, 2.75) is 0 Å². The minimum Gasteiger partial charge on any atom is -0.480 e. The number of nitrogens with zero attached hydrogens (tertiary/aromatic N) is 2. The zero-order chi connectivity index (χ0) is 23.4. The number of carboxylic acid groups (broad SMARTS) is 2. The van der Waals surface area contributed by atoms with Crippen LogP contribution in [0.1, 0.15) is 16.1 Å². The Hall–Kier alpha value is -3.20. The Morgan fingerprint density at radius 3 is 2.47 bits per heavy atom. The van der Waals surface area contributed by atoms with Gasteiger partial charge in [0.15, 0.2) is 10.2 Å². The molecule has 2 aromatic rings. The van der Waals surface area contributed by atoms with Crippen molar-refractivity contribution in [2.24, 2.45) is 0 Å². The van der Waals surface area contributed by atoms with Crippen LogP contribution in [-0.4, -0.2) is 59.8 Å². The predicted octanol–water partition coefficient (Wildman–Crippen LogP) is 2.01. The Bertz CT molecular complexity index is 1180. The lowest BCUT2D eigenvalue weighted by molar-refractivity contribution is -0.140. The van der Waals surface area contributed by atoms with E-state index < -0.39 is 35.9 Å². The second-order valence-electron chi connectivity index (χ2n) is 5.97. The molecule has 0 atom stereocenters. The molecule has 2 heterocycles. The largest absolute Gasteiger partial charge is 0.480 e. The molecule has 1 saturated heterocycles. The van der Waals surface area contributed by atoms with Crippen LogP contribution in [0.15, 0.2) is 40.6 Å². The van der Waals surface area contributed by atoms with Gasteiger partial charge in [0.05, 0.1) is 10.6 Å². The molecular weight excluding hydrogens is 496 g/mol. The van der Waals surface area contributed by atoms with Crippen molar-refractivity contribution in [1.29, 1.82) is 0 Å². The zero-order valence-corrected chi connectivity index (χ0v) is 19.0. The summed E-state index contributed by atoms with van der Waals surface area (Å²) in [5.74, 6) is -3.98. The highest BCUT2D eigenvalue weighted by molar-refractivity contribution is 8.26. The SMILES string of the molecule is O=C(O)CN1C(=O)/C(=C(\C(=O)O)c2csc(NC(=S)NC(=O)c3ccccc3)n2)SC1=S. The van der Waals surface area contributed by atoms with Gasteiger partial charge in [0.2, 0.25) is 0 Å². The van der Waals surface area contributed by atoms with Crippen LogP contribution in [0.25, 0.3) is 5.57 Å². The normalized spacial score (nSPS) is 14.8. The Labute approximate surface area is 199 Å². The Balaban J connectivity index is 1.78.